The molecular formula is C27H26N2O4. The van der Waals surface area contributed by atoms with E-state index < -0.39 is 23.8 Å². The SMILES string of the molecule is CC(C)CC(C(=O)Nc1ccc(OCc2ccccc2)cc1)N1C(=O)c2ccccc2C1=O. The van der Waals surface area contributed by atoms with Crippen molar-refractivity contribution in [3.05, 3.63) is 95.6 Å². The van der Waals surface area contributed by atoms with Gasteiger partial charge in [-0.15, -0.1) is 0 Å². The number of imide groups is 1. The van der Waals surface area contributed by atoms with E-state index in [1.807, 2.05) is 44.2 Å². The van der Waals surface area contributed by atoms with Crippen LogP contribution < -0.4 is 10.1 Å². The first kappa shape index (κ1) is 22.3. The molecule has 0 bridgehead atoms. The van der Waals surface area contributed by atoms with Crippen molar-refractivity contribution in [1.29, 1.82) is 0 Å². The Morgan fingerprint density at radius 3 is 2.00 bits per heavy atom. The molecule has 1 heterocycles. The highest BCUT2D eigenvalue weighted by molar-refractivity contribution is 6.23. The zero-order chi connectivity index (χ0) is 23.4. The second-order valence-corrected chi connectivity index (χ2v) is 8.46. The highest BCUT2D eigenvalue weighted by Crippen LogP contribution is 2.28. The number of ether oxygens (including phenoxy) is 1. The van der Waals surface area contributed by atoms with Crippen LogP contribution in [0.1, 0.15) is 46.5 Å². The lowest BCUT2D eigenvalue weighted by Gasteiger charge is -2.26. The van der Waals surface area contributed by atoms with Gasteiger partial charge in [0.2, 0.25) is 5.91 Å². The average Bonchev–Trinajstić information content (AvgIpc) is 3.07. The van der Waals surface area contributed by atoms with Crippen molar-refractivity contribution >= 4 is 23.4 Å². The molecule has 3 aromatic rings. The van der Waals surface area contributed by atoms with E-state index in [1.165, 1.54) is 0 Å². The van der Waals surface area contributed by atoms with Gasteiger partial charge in [0.05, 0.1) is 11.1 Å². The smallest absolute Gasteiger partial charge is 0.262 e. The van der Waals surface area contributed by atoms with Gasteiger partial charge < -0.3 is 10.1 Å². The molecular weight excluding hydrogens is 416 g/mol. The highest BCUT2D eigenvalue weighted by atomic mass is 16.5. The Morgan fingerprint density at radius 2 is 1.42 bits per heavy atom. The number of rotatable bonds is 8. The molecule has 168 valence electrons. The van der Waals surface area contributed by atoms with Gasteiger partial charge in [-0.1, -0.05) is 56.3 Å². The quantitative estimate of drug-likeness (QED) is 0.503. The lowest BCUT2D eigenvalue weighted by Crippen LogP contribution is -2.47. The van der Waals surface area contributed by atoms with E-state index in [0.29, 0.717) is 35.6 Å². The van der Waals surface area contributed by atoms with Crippen molar-refractivity contribution in [2.24, 2.45) is 5.92 Å². The van der Waals surface area contributed by atoms with Crippen LogP contribution in [-0.4, -0.2) is 28.7 Å². The van der Waals surface area contributed by atoms with Crippen LogP contribution in [0.3, 0.4) is 0 Å². The molecule has 0 radical (unpaired) electrons. The Labute approximate surface area is 193 Å². The topological polar surface area (TPSA) is 75.7 Å². The fourth-order valence-corrected chi connectivity index (χ4v) is 3.87. The fraction of sp³-hybridized carbons (Fsp3) is 0.222. The molecule has 4 rings (SSSR count). The second kappa shape index (κ2) is 9.69. The van der Waals surface area contributed by atoms with E-state index in [9.17, 15) is 14.4 Å². The van der Waals surface area contributed by atoms with E-state index in [4.69, 9.17) is 4.74 Å². The minimum atomic E-state index is -0.897. The van der Waals surface area contributed by atoms with Gasteiger partial charge in [0.25, 0.3) is 11.8 Å². The van der Waals surface area contributed by atoms with Crippen LogP contribution in [0.5, 0.6) is 5.75 Å². The standard InChI is InChI=1S/C27H26N2O4/c1-18(2)16-24(29-26(31)22-10-6-7-11-23(22)27(29)32)25(30)28-20-12-14-21(15-13-20)33-17-19-8-4-3-5-9-19/h3-15,18,24H,16-17H2,1-2H3,(H,28,30). The van der Waals surface area contributed by atoms with Crippen LogP contribution in [0.2, 0.25) is 0 Å². The first-order valence-corrected chi connectivity index (χ1v) is 11.0. The van der Waals surface area contributed by atoms with Gasteiger partial charge >= 0.3 is 0 Å². The molecule has 1 aliphatic heterocycles. The van der Waals surface area contributed by atoms with Gasteiger partial charge in [0.15, 0.2) is 0 Å². The van der Waals surface area contributed by atoms with Gasteiger partial charge in [-0.05, 0) is 54.3 Å². The molecule has 0 saturated heterocycles. The summed E-state index contributed by atoms with van der Waals surface area (Å²) in [5.74, 6) is -0.465. The summed E-state index contributed by atoms with van der Waals surface area (Å²) < 4.78 is 5.79. The minimum absolute atomic E-state index is 0.110. The molecule has 1 aliphatic rings. The summed E-state index contributed by atoms with van der Waals surface area (Å²) in [6, 6.07) is 22.7. The number of nitrogens with one attached hydrogen (secondary N) is 1. The molecule has 3 aromatic carbocycles. The van der Waals surface area contributed by atoms with Crippen LogP contribution in [0.4, 0.5) is 5.69 Å². The highest BCUT2D eigenvalue weighted by Gasteiger charge is 2.42. The summed E-state index contributed by atoms with van der Waals surface area (Å²) in [5.41, 5.74) is 2.30. The molecule has 0 saturated carbocycles. The number of carbonyl (C=O) groups excluding carboxylic acids is 3. The fourth-order valence-electron chi connectivity index (χ4n) is 3.87. The van der Waals surface area contributed by atoms with Gasteiger partial charge in [0, 0.05) is 5.69 Å². The molecule has 33 heavy (non-hydrogen) atoms. The van der Waals surface area contributed by atoms with Gasteiger partial charge in [-0.2, -0.15) is 0 Å². The maximum absolute atomic E-state index is 13.2. The number of nitrogens with zero attached hydrogens (tertiary/aromatic N) is 1. The minimum Gasteiger partial charge on any atom is -0.489 e. The maximum atomic E-state index is 13.2. The number of amides is 3. The monoisotopic (exact) mass is 442 g/mol. The van der Waals surface area contributed by atoms with Crippen molar-refractivity contribution < 1.29 is 19.1 Å². The first-order chi connectivity index (χ1) is 15.9. The third-order valence-electron chi connectivity index (χ3n) is 5.50. The molecule has 0 aliphatic carbocycles. The first-order valence-electron chi connectivity index (χ1n) is 11.0. The van der Waals surface area contributed by atoms with E-state index >= 15 is 0 Å². The van der Waals surface area contributed by atoms with Crippen LogP contribution in [0, 0.1) is 5.92 Å². The van der Waals surface area contributed by atoms with E-state index in [2.05, 4.69) is 5.32 Å². The molecule has 0 aromatic heterocycles. The number of fused-ring (bicyclic) bond motifs is 1. The summed E-state index contributed by atoms with van der Waals surface area (Å²) in [6.07, 6.45) is 0.371. The van der Waals surface area contributed by atoms with Crippen molar-refractivity contribution in [2.45, 2.75) is 32.9 Å². The third-order valence-corrected chi connectivity index (χ3v) is 5.50. The average molecular weight is 443 g/mol. The molecule has 3 amide bonds. The summed E-state index contributed by atoms with van der Waals surface area (Å²) in [7, 11) is 0. The number of carbonyl (C=O) groups is 3. The predicted octanol–water partition coefficient (Wildman–Crippen LogP) is 4.92. The molecule has 1 N–H and O–H groups in total. The van der Waals surface area contributed by atoms with E-state index in [-0.39, 0.29) is 5.92 Å². The molecule has 6 heteroatoms. The molecule has 0 spiro atoms. The normalized spacial score (nSPS) is 13.7. The Kier molecular flexibility index (Phi) is 6.54. The Balaban J connectivity index is 1.46. The maximum Gasteiger partial charge on any atom is 0.262 e. The van der Waals surface area contributed by atoms with Crippen LogP contribution >= 0.6 is 0 Å². The van der Waals surface area contributed by atoms with E-state index in [0.717, 1.165) is 10.5 Å². The molecule has 0 fully saturated rings. The molecule has 6 nitrogen and oxygen atoms in total. The summed E-state index contributed by atoms with van der Waals surface area (Å²) >= 11 is 0. The van der Waals surface area contributed by atoms with Gasteiger partial charge in [0.1, 0.15) is 18.4 Å². The number of hydrogen-bond acceptors (Lipinski definition) is 4. The third kappa shape index (κ3) is 4.95. The zero-order valence-electron chi connectivity index (χ0n) is 18.7. The Morgan fingerprint density at radius 1 is 0.848 bits per heavy atom. The zero-order valence-corrected chi connectivity index (χ0v) is 18.7. The lowest BCUT2D eigenvalue weighted by molar-refractivity contribution is -0.120. The van der Waals surface area contributed by atoms with Crippen LogP contribution in [0.15, 0.2) is 78.9 Å². The van der Waals surface area contributed by atoms with Crippen molar-refractivity contribution in [3.63, 3.8) is 0 Å². The number of anilines is 1. The predicted molar refractivity (Wildman–Crippen MR) is 126 cm³/mol. The number of hydrogen-bond donors (Lipinski definition) is 1. The Hall–Kier alpha value is -3.93. The largest absolute Gasteiger partial charge is 0.489 e. The van der Waals surface area contributed by atoms with Crippen molar-refractivity contribution in [1.82, 2.24) is 4.90 Å². The molecule has 1 atom stereocenters. The van der Waals surface area contributed by atoms with Crippen molar-refractivity contribution in [2.75, 3.05) is 5.32 Å². The summed E-state index contributed by atoms with van der Waals surface area (Å²) in [5, 5.41) is 2.85. The van der Waals surface area contributed by atoms with Crippen LogP contribution in [-0.2, 0) is 11.4 Å². The second-order valence-electron chi connectivity index (χ2n) is 8.46. The summed E-state index contributed by atoms with van der Waals surface area (Å²) in [4.78, 5) is 40.1. The summed E-state index contributed by atoms with van der Waals surface area (Å²) in [6.45, 7) is 4.36. The van der Waals surface area contributed by atoms with E-state index in [1.54, 1.807) is 48.5 Å². The van der Waals surface area contributed by atoms with Crippen molar-refractivity contribution in [3.8, 4) is 5.75 Å². The van der Waals surface area contributed by atoms with Crippen LogP contribution in [0.25, 0.3) is 0 Å². The Bertz CT molecular complexity index is 1120. The van der Waals surface area contributed by atoms with Gasteiger partial charge in [-0.25, -0.2) is 0 Å². The molecule has 1 unspecified atom stereocenters. The lowest BCUT2D eigenvalue weighted by atomic mass is 10.0. The number of benzene rings is 3. The van der Waals surface area contributed by atoms with Gasteiger partial charge in [-0.3, -0.25) is 19.3 Å².